The van der Waals surface area contributed by atoms with Crippen molar-refractivity contribution in [2.45, 2.75) is 18.8 Å². The number of hydrogen-bond donors (Lipinski definition) is 1. The average Bonchev–Trinajstić information content (AvgIpc) is 3.12. The molecule has 0 bridgehead atoms. The van der Waals surface area contributed by atoms with Crippen LogP contribution in [0, 0.1) is 0 Å². The van der Waals surface area contributed by atoms with E-state index in [4.69, 9.17) is 9.17 Å². The van der Waals surface area contributed by atoms with Crippen LogP contribution >= 0.6 is 11.3 Å². The maximum Gasteiger partial charge on any atom is 0.314 e. The molecule has 0 spiro atoms. The number of thiazole rings is 1. The molecule has 7 heteroatoms. The number of para-hydroxylation sites is 2. The molecule has 1 fully saturated rings. The van der Waals surface area contributed by atoms with Crippen molar-refractivity contribution >= 4 is 31.7 Å². The van der Waals surface area contributed by atoms with Crippen LogP contribution in [0.2, 0.25) is 0 Å². The summed E-state index contributed by atoms with van der Waals surface area (Å²) in [5, 5.41) is 1.22. The van der Waals surface area contributed by atoms with E-state index in [2.05, 4.69) is 18.2 Å². The fraction of sp³-hybridized carbons (Fsp3) is 0.350. The van der Waals surface area contributed by atoms with E-state index < -0.39 is 10.1 Å². The van der Waals surface area contributed by atoms with Gasteiger partial charge in [-0.1, -0.05) is 30.3 Å². The molecule has 1 aliphatic rings. The summed E-state index contributed by atoms with van der Waals surface area (Å²) in [4.78, 5) is 6.11. The van der Waals surface area contributed by atoms with Gasteiger partial charge in [0.15, 0.2) is 0 Å². The maximum atomic E-state index is 12.2. The lowest BCUT2D eigenvalue weighted by Gasteiger charge is -2.28. The Kier molecular flexibility index (Phi) is 5.43. The van der Waals surface area contributed by atoms with E-state index >= 15 is 0 Å². The molecule has 27 heavy (non-hydrogen) atoms. The van der Waals surface area contributed by atoms with E-state index in [-0.39, 0.29) is 5.75 Å². The van der Waals surface area contributed by atoms with Gasteiger partial charge in [-0.15, -0.1) is 11.3 Å². The Labute approximate surface area is 163 Å². The fourth-order valence-electron chi connectivity index (χ4n) is 3.52. The summed E-state index contributed by atoms with van der Waals surface area (Å²) in [5.74, 6) is 0.911. The zero-order chi connectivity index (χ0) is 18.7. The highest BCUT2D eigenvalue weighted by molar-refractivity contribution is 7.87. The van der Waals surface area contributed by atoms with E-state index in [1.165, 1.54) is 14.6 Å². The van der Waals surface area contributed by atoms with Gasteiger partial charge in [0.05, 0.1) is 34.9 Å². The molecule has 1 aliphatic heterocycles. The van der Waals surface area contributed by atoms with Gasteiger partial charge in [0, 0.05) is 18.8 Å². The van der Waals surface area contributed by atoms with Crippen molar-refractivity contribution in [2.75, 3.05) is 25.4 Å². The first-order chi connectivity index (χ1) is 13.1. The van der Waals surface area contributed by atoms with E-state index in [9.17, 15) is 8.42 Å². The van der Waals surface area contributed by atoms with Crippen LogP contribution in [0.3, 0.4) is 0 Å². The van der Waals surface area contributed by atoms with Gasteiger partial charge < -0.3 is 9.08 Å². The first-order valence-corrected chi connectivity index (χ1v) is 11.6. The smallest absolute Gasteiger partial charge is 0.314 e. The van der Waals surface area contributed by atoms with Gasteiger partial charge >= 0.3 is 10.1 Å². The van der Waals surface area contributed by atoms with Crippen LogP contribution < -0.4 is 9.08 Å². The minimum atomic E-state index is -3.55. The monoisotopic (exact) mass is 403 g/mol. The van der Waals surface area contributed by atoms with Gasteiger partial charge in [0.1, 0.15) is 11.5 Å². The summed E-state index contributed by atoms with van der Waals surface area (Å²) in [6.07, 6.45) is 2.10. The van der Waals surface area contributed by atoms with Crippen LogP contribution in [0.4, 0.5) is 0 Å². The van der Waals surface area contributed by atoms with Crippen LogP contribution in [0.15, 0.2) is 54.6 Å². The van der Waals surface area contributed by atoms with E-state index in [0.717, 1.165) is 31.4 Å². The predicted molar refractivity (Wildman–Crippen MR) is 108 cm³/mol. The third-order valence-electron chi connectivity index (χ3n) is 5.02. The molecule has 1 N–H and O–H groups in total. The summed E-state index contributed by atoms with van der Waals surface area (Å²) in [7, 11) is -3.55. The molecule has 1 saturated heterocycles. The van der Waals surface area contributed by atoms with Crippen LogP contribution in [0.25, 0.3) is 10.2 Å². The number of benzene rings is 2. The SMILES string of the molecule is O=S(=O)(CC[NH+]1CCC(c2nc3ccccc3s2)CC1)Oc1ccccc1. The van der Waals surface area contributed by atoms with E-state index in [1.54, 1.807) is 35.6 Å². The third-order valence-corrected chi connectivity index (χ3v) is 7.37. The topological polar surface area (TPSA) is 60.7 Å². The summed E-state index contributed by atoms with van der Waals surface area (Å²) >= 11 is 1.79. The summed E-state index contributed by atoms with van der Waals surface area (Å²) in [5.41, 5.74) is 1.08. The molecule has 1 aromatic heterocycles. The number of fused-ring (bicyclic) bond motifs is 1. The maximum absolute atomic E-state index is 12.2. The number of aromatic nitrogens is 1. The van der Waals surface area contributed by atoms with Gasteiger partial charge in [-0.2, -0.15) is 8.42 Å². The molecule has 0 saturated carbocycles. The molecule has 0 aliphatic carbocycles. The third kappa shape index (κ3) is 4.66. The van der Waals surface area contributed by atoms with Gasteiger partial charge in [0.2, 0.25) is 0 Å². The molecular weight excluding hydrogens is 380 g/mol. The molecule has 3 aromatic rings. The quantitative estimate of drug-likeness (QED) is 0.643. The largest absolute Gasteiger partial charge is 0.382 e. The fourth-order valence-corrected chi connectivity index (χ4v) is 5.68. The molecule has 2 aromatic carbocycles. The Bertz CT molecular complexity index is 961. The normalized spacial score (nSPS) is 20.6. The molecule has 0 atom stereocenters. The Balaban J connectivity index is 1.29. The first-order valence-electron chi connectivity index (χ1n) is 9.25. The van der Waals surface area contributed by atoms with Crippen molar-refractivity contribution in [2.24, 2.45) is 0 Å². The van der Waals surface area contributed by atoms with Gasteiger partial charge in [-0.05, 0) is 24.3 Å². The zero-order valence-electron chi connectivity index (χ0n) is 15.0. The highest BCUT2D eigenvalue weighted by atomic mass is 32.2. The Morgan fingerprint density at radius 1 is 1.04 bits per heavy atom. The first kappa shape index (κ1) is 18.4. The minimum Gasteiger partial charge on any atom is -0.382 e. The summed E-state index contributed by atoms with van der Waals surface area (Å²) in [6, 6.07) is 16.9. The van der Waals surface area contributed by atoms with Crippen molar-refractivity contribution in [1.82, 2.24) is 4.98 Å². The Morgan fingerprint density at radius 2 is 1.74 bits per heavy atom. The van der Waals surface area contributed by atoms with Crippen molar-refractivity contribution in [3.8, 4) is 5.75 Å². The average molecular weight is 404 g/mol. The second-order valence-electron chi connectivity index (χ2n) is 6.95. The van der Waals surface area contributed by atoms with E-state index in [1.807, 2.05) is 12.1 Å². The van der Waals surface area contributed by atoms with Crippen LogP contribution in [0.1, 0.15) is 23.8 Å². The molecule has 4 rings (SSSR count). The lowest BCUT2D eigenvalue weighted by Crippen LogP contribution is -3.13. The number of rotatable bonds is 6. The Morgan fingerprint density at radius 3 is 2.48 bits per heavy atom. The van der Waals surface area contributed by atoms with Crippen LogP contribution in [0.5, 0.6) is 5.75 Å². The summed E-state index contributed by atoms with van der Waals surface area (Å²) in [6.45, 7) is 2.53. The van der Waals surface area contributed by atoms with Crippen LogP contribution in [-0.2, 0) is 10.1 Å². The minimum absolute atomic E-state index is 0.0447. The second kappa shape index (κ2) is 7.96. The highest BCUT2D eigenvalue weighted by Gasteiger charge is 2.27. The number of quaternary nitrogens is 1. The number of likely N-dealkylation sites (tertiary alicyclic amines) is 1. The standard InChI is InChI=1S/C20H22N2O3S2/c23-27(24,25-17-6-2-1-3-7-17)15-14-22-12-10-16(11-13-22)20-21-18-8-4-5-9-19(18)26-20/h1-9,16H,10-15H2/p+1. The number of piperidine rings is 1. The van der Waals surface area contributed by atoms with Gasteiger partial charge in [0.25, 0.3) is 0 Å². The van der Waals surface area contributed by atoms with Crippen molar-refractivity contribution in [1.29, 1.82) is 0 Å². The van der Waals surface area contributed by atoms with Gasteiger partial charge in [-0.25, -0.2) is 4.98 Å². The number of nitrogens with one attached hydrogen (secondary N) is 1. The molecule has 5 nitrogen and oxygen atoms in total. The van der Waals surface area contributed by atoms with E-state index in [0.29, 0.717) is 18.2 Å². The molecule has 0 amide bonds. The second-order valence-corrected chi connectivity index (χ2v) is 9.70. The molecular formula is C20H23N2O3S2+. The van der Waals surface area contributed by atoms with Gasteiger partial charge in [-0.3, -0.25) is 0 Å². The van der Waals surface area contributed by atoms with Crippen molar-refractivity contribution in [3.05, 3.63) is 59.6 Å². The molecule has 0 unspecified atom stereocenters. The molecule has 0 radical (unpaired) electrons. The lowest BCUT2D eigenvalue weighted by molar-refractivity contribution is -0.902. The summed E-state index contributed by atoms with van der Waals surface area (Å²) < 4.78 is 30.8. The molecule has 142 valence electrons. The van der Waals surface area contributed by atoms with Crippen molar-refractivity contribution in [3.63, 3.8) is 0 Å². The van der Waals surface area contributed by atoms with Crippen molar-refractivity contribution < 1.29 is 17.5 Å². The predicted octanol–water partition coefficient (Wildman–Crippen LogP) is 2.47. The zero-order valence-corrected chi connectivity index (χ0v) is 16.6. The van der Waals surface area contributed by atoms with Crippen LogP contribution in [-0.4, -0.2) is 38.8 Å². The number of nitrogens with zero attached hydrogens (tertiary/aromatic N) is 1. The lowest BCUT2D eigenvalue weighted by atomic mass is 9.98. The number of hydrogen-bond acceptors (Lipinski definition) is 5. The Hall–Kier alpha value is -1.96. The molecule has 2 heterocycles. The highest BCUT2D eigenvalue weighted by Crippen LogP contribution is 2.31.